The maximum Gasteiger partial charge on any atom is 0.246 e. The van der Waals surface area contributed by atoms with E-state index in [0.717, 1.165) is 25.2 Å². The van der Waals surface area contributed by atoms with Crippen molar-refractivity contribution in [2.24, 2.45) is 0 Å². The second kappa shape index (κ2) is 3.51. The van der Waals surface area contributed by atoms with Crippen LogP contribution < -0.4 is 15.1 Å². The third-order valence-electron chi connectivity index (χ3n) is 5.16. The largest absolute Gasteiger partial charge is 0.356 e. The molecule has 0 spiro atoms. The van der Waals surface area contributed by atoms with Gasteiger partial charge in [0.05, 0.1) is 17.9 Å². The van der Waals surface area contributed by atoms with Gasteiger partial charge >= 0.3 is 0 Å². The molecule has 0 saturated carbocycles. The van der Waals surface area contributed by atoms with E-state index in [1.54, 1.807) is 0 Å². The number of anilines is 2. The number of hydrogen-bond acceptors (Lipinski definition) is 3. The number of fused-ring (bicyclic) bond motifs is 3. The molecule has 2 atom stereocenters. The minimum atomic E-state index is 0.134. The van der Waals surface area contributed by atoms with E-state index in [1.807, 2.05) is 11.9 Å². The molecule has 1 aromatic rings. The monoisotopic (exact) mass is 257 g/mol. The minimum Gasteiger partial charge on any atom is -0.356 e. The average Bonchev–Trinajstić information content (AvgIpc) is 2.67. The summed E-state index contributed by atoms with van der Waals surface area (Å²) in [5.74, 6) is 0.201. The van der Waals surface area contributed by atoms with Crippen molar-refractivity contribution < 1.29 is 4.79 Å². The molecular weight excluding hydrogens is 238 g/mol. The Morgan fingerprint density at radius 2 is 2.26 bits per heavy atom. The lowest BCUT2D eigenvalue weighted by Crippen LogP contribution is -2.56. The van der Waals surface area contributed by atoms with Gasteiger partial charge < -0.3 is 15.1 Å². The summed E-state index contributed by atoms with van der Waals surface area (Å²) < 4.78 is 0. The number of carbonyl (C=O) groups is 1. The molecule has 3 aliphatic rings. The number of hydrogen-bond donors (Lipinski definition) is 1. The van der Waals surface area contributed by atoms with E-state index < -0.39 is 0 Å². The number of nitrogens with zero attached hydrogens (tertiary/aromatic N) is 2. The van der Waals surface area contributed by atoms with Gasteiger partial charge in [-0.05, 0) is 24.6 Å². The number of likely N-dealkylation sites (N-methyl/N-ethyl adjacent to an activating group) is 1. The Morgan fingerprint density at radius 1 is 1.42 bits per heavy atom. The molecule has 3 heterocycles. The molecule has 1 aromatic carbocycles. The van der Waals surface area contributed by atoms with Gasteiger partial charge in [0, 0.05) is 25.0 Å². The zero-order chi connectivity index (χ0) is 13.2. The first-order valence-electron chi connectivity index (χ1n) is 7.00. The third-order valence-corrected chi connectivity index (χ3v) is 5.16. The molecule has 100 valence electrons. The predicted molar refractivity (Wildman–Crippen MR) is 75.8 cm³/mol. The molecule has 1 saturated heterocycles. The quantitative estimate of drug-likeness (QED) is 0.756. The maximum absolute atomic E-state index is 12.2. The first-order chi connectivity index (χ1) is 9.13. The number of amides is 1. The molecule has 1 N–H and O–H groups in total. The summed E-state index contributed by atoms with van der Waals surface area (Å²) in [6.45, 7) is 4.91. The van der Waals surface area contributed by atoms with Crippen molar-refractivity contribution in [1.29, 1.82) is 0 Å². The number of piperidine rings is 1. The summed E-state index contributed by atoms with van der Waals surface area (Å²) in [5.41, 5.74) is 3.90. The highest BCUT2D eigenvalue weighted by atomic mass is 16.2. The van der Waals surface area contributed by atoms with Crippen LogP contribution in [0, 0.1) is 0 Å². The Hall–Kier alpha value is -1.55. The van der Waals surface area contributed by atoms with Crippen molar-refractivity contribution in [3.8, 4) is 0 Å². The van der Waals surface area contributed by atoms with Crippen LogP contribution in [0.15, 0.2) is 18.2 Å². The highest BCUT2D eigenvalue weighted by Gasteiger charge is 2.51. The first-order valence-corrected chi connectivity index (χ1v) is 7.00. The lowest BCUT2D eigenvalue weighted by atomic mass is 9.75. The average molecular weight is 257 g/mol. The summed E-state index contributed by atoms with van der Waals surface area (Å²) in [7, 11) is 1.89. The van der Waals surface area contributed by atoms with Gasteiger partial charge in [-0.25, -0.2) is 0 Å². The van der Waals surface area contributed by atoms with Crippen LogP contribution in [0.3, 0.4) is 0 Å². The fourth-order valence-electron chi connectivity index (χ4n) is 4.09. The highest BCUT2D eigenvalue weighted by Crippen LogP contribution is 2.52. The van der Waals surface area contributed by atoms with Crippen LogP contribution in [0.5, 0.6) is 0 Å². The fraction of sp³-hybridized carbons (Fsp3) is 0.533. The number of carbonyl (C=O) groups excluding carboxylic acids is 1. The molecule has 19 heavy (non-hydrogen) atoms. The Labute approximate surface area is 113 Å². The van der Waals surface area contributed by atoms with Crippen molar-refractivity contribution in [3.05, 3.63) is 23.8 Å². The molecule has 0 bridgehead atoms. The molecule has 0 radical (unpaired) electrons. The molecule has 0 aromatic heterocycles. The van der Waals surface area contributed by atoms with E-state index in [1.165, 1.54) is 11.3 Å². The predicted octanol–water partition coefficient (Wildman–Crippen LogP) is 1.10. The van der Waals surface area contributed by atoms with Crippen LogP contribution in [0.2, 0.25) is 0 Å². The molecule has 3 aliphatic heterocycles. The third kappa shape index (κ3) is 1.25. The SMILES string of the molecule is CN1C(=O)CN2c3c1cccc3[C@]1(C)CNCC[C@H]21. The van der Waals surface area contributed by atoms with Crippen molar-refractivity contribution >= 4 is 17.3 Å². The van der Waals surface area contributed by atoms with Crippen molar-refractivity contribution in [2.45, 2.75) is 24.8 Å². The lowest BCUT2D eigenvalue weighted by molar-refractivity contribution is -0.117. The van der Waals surface area contributed by atoms with Gasteiger partial charge in [-0.3, -0.25) is 4.79 Å². The van der Waals surface area contributed by atoms with Crippen LogP contribution in [-0.2, 0) is 10.2 Å². The zero-order valence-electron chi connectivity index (χ0n) is 11.4. The van der Waals surface area contributed by atoms with E-state index in [9.17, 15) is 4.79 Å². The van der Waals surface area contributed by atoms with Crippen LogP contribution >= 0.6 is 0 Å². The molecule has 4 heteroatoms. The van der Waals surface area contributed by atoms with Gasteiger partial charge in [0.1, 0.15) is 0 Å². The molecule has 1 fully saturated rings. The fourth-order valence-corrected chi connectivity index (χ4v) is 4.09. The molecule has 0 unspecified atom stereocenters. The first kappa shape index (κ1) is 11.3. The number of nitrogens with one attached hydrogen (secondary N) is 1. The van der Waals surface area contributed by atoms with Crippen LogP contribution in [0.25, 0.3) is 0 Å². The molecule has 1 amide bonds. The second-order valence-corrected chi connectivity index (χ2v) is 6.15. The molecule has 0 aliphatic carbocycles. The topological polar surface area (TPSA) is 35.6 Å². The standard InChI is InChI=1S/C15H19N3O/c1-15-9-16-7-6-12(15)18-8-13(19)17(2)11-5-3-4-10(15)14(11)18/h3-5,12,16H,6-9H2,1-2H3/t12-,15-/m0/s1. The number of benzene rings is 1. The summed E-state index contributed by atoms with van der Waals surface area (Å²) in [4.78, 5) is 16.4. The summed E-state index contributed by atoms with van der Waals surface area (Å²) in [6.07, 6.45) is 1.11. The molecule has 4 rings (SSSR count). The van der Waals surface area contributed by atoms with E-state index in [4.69, 9.17) is 0 Å². The van der Waals surface area contributed by atoms with Crippen LogP contribution in [0.1, 0.15) is 18.9 Å². The molecule has 4 nitrogen and oxygen atoms in total. The summed E-state index contributed by atoms with van der Waals surface area (Å²) in [5, 5.41) is 3.52. The van der Waals surface area contributed by atoms with Gasteiger partial charge in [-0.1, -0.05) is 19.1 Å². The van der Waals surface area contributed by atoms with Gasteiger partial charge in [0.25, 0.3) is 0 Å². The van der Waals surface area contributed by atoms with Gasteiger partial charge in [0.15, 0.2) is 0 Å². The van der Waals surface area contributed by atoms with E-state index >= 15 is 0 Å². The van der Waals surface area contributed by atoms with Gasteiger partial charge in [-0.15, -0.1) is 0 Å². The van der Waals surface area contributed by atoms with Crippen LogP contribution in [-0.4, -0.2) is 38.6 Å². The Kier molecular flexibility index (Phi) is 2.09. The normalized spacial score (nSPS) is 32.3. The van der Waals surface area contributed by atoms with Crippen molar-refractivity contribution in [1.82, 2.24) is 5.32 Å². The van der Waals surface area contributed by atoms with Crippen molar-refractivity contribution in [3.63, 3.8) is 0 Å². The smallest absolute Gasteiger partial charge is 0.246 e. The van der Waals surface area contributed by atoms with E-state index in [2.05, 4.69) is 35.3 Å². The maximum atomic E-state index is 12.2. The number of rotatable bonds is 0. The Bertz CT molecular complexity index is 571. The summed E-state index contributed by atoms with van der Waals surface area (Å²) >= 11 is 0. The Morgan fingerprint density at radius 3 is 3.11 bits per heavy atom. The van der Waals surface area contributed by atoms with Crippen molar-refractivity contribution in [2.75, 3.05) is 36.5 Å². The highest BCUT2D eigenvalue weighted by molar-refractivity contribution is 6.04. The van der Waals surface area contributed by atoms with E-state index in [0.29, 0.717) is 12.6 Å². The van der Waals surface area contributed by atoms with E-state index in [-0.39, 0.29) is 11.3 Å². The minimum absolute atomic E-state index is 0.134. The second-order valence-electron chi connectivity index (χ2n) is 6.15. The summed E-state index contributed by atoms with van der Waals surface area (Å²) in [6, 6.07) is 6.85. The van der Waals surface area contributed by atoms with Crippen LogP contribution in [0.4, 0.5) is 11.4 Å². The number of para-hydroxylation sites is 1. The van der Waals surface area contributed by atoms with Gasteiger partial charge in [0.2, 0.25) is 5.91 Å². The van der Waals surface area contributed by atoms with Gasteiger partial charge in [-0.2, -0.15) is 0 Å². The lowest BCUT2D eigenvalue weighted by Gasteiger charge is -2.42. The Balaban J connectivity index is 1.97. The molecular formula is C15H19N3O. The zero-order valence-corrected chi connectivity index (χ0v) is 11.4.